The van der Waals surface area contributed by atoms with E-state index in [0.29, 0.717) is 32.1 Å². The van der Waals surface area contributed by atoms with Gasteiger partial charge in [0.2, 0.25) is 6.29 Å². The van der Waals surface area contributed by atoms with Gasteiger partial charge in [0.05, 0.1) is 57.3 Å². The summed E-state index contributed by atoms with van der Waals surface area (Å²) < 4.78 is 42.4. The molecule has 8 aliphatic rings. The van der Waals surface area contributed by atoms with Gasteiger partial charge >= 0.3 is 11.9 Å². The van der Waals surface area contributed by atoms with E-state index in [0.717, 1.165) is 5.57 Å². The average molecular weight is 1020 g/mol. The fourth-order valence-electron chi connectivity index (χ4n) is 15.2. The number of aliphatic hydroxyl groups excluding tert-OH is 12. The van der Waals surface area contributed by atoms with Crippen LogP contribution in [0.1, 0.15) is 106 Å². The topological polar surface area (TPSA) is 342 Å². The second-order valence-corrected chi connectivity index (χ2v) is 24.1. The Kier molecular flexibility index (Phi) is 15.4. The Morgan fingerprint density at radius 3 is 2.00 bits per heavy atom. The summed E-state index contributed by atoms with van der Waals surface area (Å²) in [5.41, 5.74) is -4.02. The SMILES string of the molecule is CC(O)CC(=O)OC1COC(O[C@H]2[C@H](O[C@@H]3C[C@]4(C)C(=CC[C@@H]5[C@@]6(C)C[C@H](O)[C@H](O)[C@@](C)(CO)[C@@H]6CC[C@]54C)[C@@H]4CC(C)(C)CC[C@]34C(=O)O[C@@H]3O[C@H](CO)[C@H](O)[C@H]3O)O[C@H](CO)[C@@H](O)[C@@H]2O)C(O)C1O. The van der Waals surface area contributed by atoms with Crippen LogP contribution < -0.4 is 0 Å². The van der Waals surface area contributed by atoms with Crippen LogP contribution in [0.5, 0.6) is 0 Å². The molecule has 21 nitrogen and oxygen atoms in total. The number of fused-ring (bicyclic) bond motifs is 7. The van der Waals surface area contributed by atoms with Crippen LogP contribution in [0.2, 0.25) is 0 Å². The summed E-state index contributed by atoms with van der Waals surface area (Å²) in [6, 6.07) is 0. The monoisotopic (exact) mass is 1020 g/mol. The maximum absolute atomic E-state index is 15.6. The van der Waals surface area contributed by atoms with Crippen LogP contribution >= 0.6 is 0 Å². The quantitative estimate of drug-likeness (QED) is 0.0795. The van der Waals surface area contributed by atoms with Crippen LogP contribution in [0.4, 0.5) is 0 Å². The number of esters is 2. The van der Waals surface area contributed by atoms with E-state index in [1.165, 1.54) is 6.92 Å². The highest BCUT2D eigenvalue weighted by Crippen LogP contribution is 2.76. The molecule has 3 aliphatic heterocycles. The normalized spacial score (nSPS) is 51.9. The molecule has 5 aliphatic carbocycles. The third kappa shape index (κ3) is 8.94. The van der Waals surface area contributed by atoms with Crippen molar-refractivity contribution in [2.24, 2.45) is 50.2 Å². The molecule has 3 saturated heterocycles. The molecule has 0 bridgehead atoms. The van der Waals surface area contributed by atoms with Crippen molar-refractivity contribution < 1.29 is 104 Å². The molecule has 0 aromatic rings. The molecule has 7 fully saturated rings. The minimum absolute atomic E-state index is 0.0901. The van der Waals surface area contributed by atoms with Crippen LogP contribution in [0.3, 0.4) is 0 Å². The Labute approximate surface area is 414 Å². The van der Waals surface area contributed by atoms with Gasteiger partial charge in [-0.05, 0) is 97.7 Å². The minimum Gasteiger partial charge on any atom is -0.457 e. The number of hydrogen-bond acceptors (Lipinski definition) is 21. The third-order valence-electron chi connectivity index (χ3n) is 19.4. The molecule has 25 atom stereocenters. The molecule has 4 saturated carbocycles. The molecule has 12 N–H and O–H groups in total. The van der Waals surface area contributed by atoms with Gasteiger partial charge in [-0.2, -0.15) is 0 Å². The number of allylic oxidation sites excluding steroid dienone is 2. The van der Waals surface area contributed by atoms with E-state index in [1.807, 2.05) is 6.92 Å². The fraction of sp³-hybridized carbons (Fsp3) is 0.920. The molecule has 71 heavy (non-hydrogen) atoms. The molecular formula is C50H80O21. The highest BCUT2D eigenvalue weighted by molar-refractivity contribution is 5.80. The first-order chi connectivity index (χ1) is 33.2. The number of aliphatic hydroxyl groups is 12. The van der Waals surface area contributed by atoms with E-state index in [2.05, 4.69) is 40.7 Å². The summed E-state index contributed by atoms with van der Waals surface area (Å²) in [4.78, 5) is 28.0. The van der Waals surface area contributed by atoms with Crippen molar-refractivity contribution in [3.63, 3.8) is 0 Å². The maximum Gasteiger partial charge on any atom is 0.317 e. The first-order valence-electron chi connectivity index (χ1n) is 25.5. The van der Waals surface area contributed by atoms with Gasteiger partial charge in [0.15, 0.2) is 18.7 Å². The molecule has 0 radical (unpaired) electrons. The first kappa shape index (κ1) is 55.2. The Hall–Kier alpha value is -2.00. The molecule has 0 spiro atoms. The number of hydrogen-bond donors (Lipinski definition) is 12. The number of carbonyl (C=O) groups excluding carboxylic acids is 2. The Morgan fingerprint density at radius 1 is 0.732 bits per heavy atom. The van der Waals surface area contributed by atoms with Crippen LogP contribution in [0, 0.1) is 50.2 Å². The summed E-state index contributed by atoms with van der Waals surface area (Å²) in [7, 11) is 0. The Bertz CT molecular complexity index is 1970. The van der Waals surface area contributed by atoms with Gasteiger partial charge in [-0.3, -0.25) is 9.59 Å². The van der Waals surface area contributed by atoms with E-state index >= 15 is 4.79 Å². The van der Waals surface area contributed by atoms with Crippen molar-refractivity contribution in [2.45, 2.75) is 211 Å². The molecule has 8 rings (SSSR count). The molecule has 406 valence electrons. The van der Waals surface area contributed by atoms with E-state index in [4.69, 9.17) is 33.2 Å². The zero-order valence-corrected chi connectivity index (χ0v) is 41.9. The predicted octanol–water partition coefficient (Wildman–Crippen LogP) is -1.35. The van der Waals surface area contributed by atoms with Crippen molar-refractivity contribution in [1.29, 1.82) is 0 Å². The minimum atomic E-state index is -1.92. The zero-order valence-electron chi connectivity index (χ0n) is 41.9. The Balaban J connectivity index is 1.21. The maximum atomic E-state index is 15.6. The van der Waals surface area contributed by atoms with Gasteiger partial charge < -0.3 is 94.4 Å². The van der Waals surface area contributed by atoms with Crippen LogP contribution in [-0.4, -0.2) is 204 Å². The van der Waals surface area contributed by atoms with Crippen LogP contribution in [-0.2, 0) is 42.7 Å². The second-order valence-electron chi connectivity index (χ2n) is 24.1. The highest BCUT2D eigenvalue weighted by Gasteiger charge is 2.73. The lowest BCUT2D eigenvalue weighted by Crippen LogP contribution is -2.70. The molecule has 3 heterocycles. The van der Waals surface area contributed by atoms with E-state index in [9.17, 15) is 66.1 Å². The highest BCUT2D eigenvalue weighted by atomic mass is 16.8. The standard InChI is InChI=1S/C50H80O21/c1-22(54)14-32(56)66-28-20-65-41(37(61)35(28)59)70-39-36(60)33(57)26(18-51)68-43(39)69-31-17-49(7)23(8-9-30-46(4)16-25(55)40(63)47(5,21-53)29(46)10-11-48(30,49)6)24-15-45(2,3)12-13-50(24,31)44(64)71-42-38(62)34(58)27(19-52)67-42/h8,22,24-31,33-43,51-55,57-63H,9-21H2,1-7H3/t22?,24-,25-,26+,27+,28?,29+,30+,31+,33+,34-,35?,36-,37?,38+,39+,40-,41?,42-,43-,46-,47-,48+,49+,50+/m0/s1. The van der Waals surface area contributed by atoms with Crippen molar-refractivity contribution >= 4 is 11.9 Å². The first-order valence-corrected chi connectivity index (χ1v) is 25.5. The van der Waals surface area contributed by atoms with Crippen LogP contribution in [0.15, 0.2) is 11.6 Å². The molecular weight excluding hydrogens is 937 g/mol. The molecule has 21 heteroatoms. The fourth-order valence-corrected chi connectivity index (χ4v) is 15.2. The third-order valence-corrected chi connectivity index (χ3v) is 19.4. The summed E-state index contributed by atoms with van der Waals surface area (Å²) in [5.74, 6) is -2.65. The van der Waals surface area contributed by atoms with E-state index in [-0.39, 0.29) is 43.1 Å². The van der Waals surface area contributed by atoms with Crippen molar-refractivity contribution in [3.8, 4) is 0 Å². The van der Waals surface area contributed by atoms with E-state index < -0.39 is 175 Å². The molecule has 0 amide bonds. The van der Waals surface area contributed by atoms with Gasteiger partial charge in [-0.15, -0.1) is 0 Å². The summed E-state index contributed by atoms with van der Waals surface area (Å²) in [5, 5.41) is 131. The van der Waals surface area contributed by atoms with Gasteiger partial charge in [0.25, 0.3) is 0 Å². The predicted molar refractivity (Wildman–Crippen MR) is 243 cm³/mol. The van der Waals surface area contributed by atoms with Crippen molar-refractivity contribution in [2.75, 3.05) is 26.4 Å². The molecule has 0 aromatic carbocycles. The molecule has 0 aromatic heterocycles. The molecule has 5 unspecified atom stereocenters. The number of ether oxygens (including phenoxy) is 7. The summed E-state index contributed by atoms with van der Waals surface area (Å²) >= 11 is 0. The van der Waals surface area contributed by atoms with Crippen LogP contribution in [0.25, 0.3) is 0 Å². The van der Waals surface area contributed by atoms with Gasteiger partial charge in [-0.25, -0.2) is 0 Å². The van der Waals surface area contributed by atoms with E-state index in [1.54, 1.807) is 0 Å². The lowest BCUT2D eigenvalue weighted by atomic mass is 9.33. The largest absolute Gasteiger partial charge is 0.457 e. The van der Waals surface area contributed by atoms with Gasteiger partial charge in [0, 0.05) is 5.41 Å². The smallest absolute Gasteiger partial charge is 0.317 e. The van der Waals surface area contributed by atoms with Gasteiger partial charge in [0.1, 0.15) is 60.4 Å². The average Bonchev–Trinajstić information content (AvgIpc) is 3.57. The number of carbonyl (C=O) groups is 2. The van der Waals surface area contributed by atoms with Crippen molar-refractivity contribution in [1.82, 2.24) is 0 Å². The van der Waals surface area contributed by atoms with Crippen molar-refractivity contribution in [3.05, 3.63) is 11.6 Å². The second kappa shape index (κ2) is 19.9. The number of rotatable bonds is 12. The zero-order chi connectivity index (χ0) is 52.1. The summed E-state index contributed by atoms with van der Waals surface area (Å²) in [6.45, 7) is 11.6. The summed E-state index contributed by atoms with van der Waals surface area (Å²) in [6.07, 6.45) is -21.3. The lowest BCUT2D eigenvalue weighted by molar-refractivity contribution is -0.370. The lowest BCUT2D eigenvalue weighted by Gasteiger charge is -2.72. The Morgan fingerprint density at radius 2 is 1.37 bits per heavy atom. The van der Waals surface area contributed by atoms with Gasteiger partial charge in [-0.1, -0.05) is 53.2 Å².